The lowest BCUT2D eigenvalue weighted by Gasteiger charge is -2.22. The number of hydrogen-bond donors (Lipinski definition) is 2. The Hall–Kier alpha value is -3.60. The summed E-state index contributed by atoms with van der Waals surface area (Å²) in [6.45, 7) is -1.19. The number of nitrogens with one attached hydrogen (secondary N) is 2. The summed E-state index contributed by atoms with van der Waals surface area (Å²) in [4.78, 5) is 38.9. The number of carbonyl (C=O) groups is 3. The molecule has 0 saturated carbocycles. The fourth-order valence-electron chi connectivity index (χ4n) is 3.62. The summed E-state index contributed by atoms with van der Waals surface area (Å²) in [5, 5.41) is 5.31. The van der Waals surface area contributed by atoms with E-state index in [1.54, 1.807) is 0 Å². The summed E-state index contributed by atoms with van der Waals surface area (Å²) in [5.74, 6) is -0.568. The Kier molecular flexibility index (Phi) is 6.47. The van der Waals surface area contributed by atoms with Crippen LogP contribution in [0.2, 0.25) is 5.02 Å². The first-order valence-electron chi connectivity index (χ1n) is 10.3. The number of imide groups is 1. The summed E-state index contributed by atoms with van der Waals surface area (Å²) < 4.78 is 40.2. The molecule has 12 heteroatoms. The molecule has 4 rings (SSSR count). The predicted octanol–water partition coefficient (Wildman–Crippen LogP) is 3.51. The van der Waals surface area contributed by atoms with E-state index in [1.807, 2.05) is 0 Å². The summed E-state index contributed by atoms with van der Waals surface area (Å²) >= 11 is 6.23. The molecule has 0 radical (unpaired) electrons. The number of benzene rings is 2. The van der Waals surface area contributed by atoms with E-state index in [0.717, 1.165) is 4.90 Å². The first kappa shape index (κ1) is 23.6. The predicted molar refractivity (Wildman–Crippen MR) is 116 cm³/mol. The van der Waals surface area contributed by atoms with Gasteiger partial charge in [-0.2, -0.15) is 8.78 Å². The number of urea groups is 1. The highest BCUT2D eigenvalue weighted by Crippen LogP contribution is 2.38. The molecule has 1 unspecified atom stereocenters. The third kappa shape index (κ3) is 4.69. The van der Waals surface area contributed by atoms with Gasteiger partial charge in [0.25, 0.3) is 5.91 Å². The molecule has 9 nitrogen and oxygen atoms in total. The molecule has 0 spiro atoms. The fraction of sp³-hybridized carbons (Fsp3) is 0.318. The number of ether oxygens (including phenoxy) is 3. The van der Waals surface area contributed by atoms with Gasteiger partial charge in [-0.3, -0.25) is 14.5 Å². The van der Waals surface area contributed by atoms with Crippen LogP contribution in [0.5, 0.6) is 17.2 Å². The quantitative estimate of drug-likeness (QED) is 0.594. The van der Waals surface area contributed by atoms with Crippen LogP contribution in [0.25, 0.3) is 0 Å². The van der Waals surface area contributed by atoms with Gasteiger partial charge in [0.2, 0.25) is 5.91 Å². The van der Waals surface area contributed by atoms with Crippen molar-refractivity contribution in [3.8, 4) is 17.2 Å². The van der Waals surface area contributed by atoms with Crippen molar-refractivity contribution in [3.63, 3.8) is 0 Å². The number of nitrogens with zero attached hydrogens (tertiary/aromatic N) is 1. The lowest BCUT2D eigenvalue weighted by Crippen LogP contribution is -2.42. The first-order valence-corrected chi connectivity index (χ1v) is 10.6. The number of anilines is 1. The van der Waals surface area contributed by atoms with Crippen LogP contribution >= 0.6 is 11.6 Å². The lowest BCUT2D eigenvalue weighted by molar-refractivity contribution is -0.133. The average molecular weight is 496 g/mol. The Morgan fingerprint density at radius 1 is 1.21 bits per heavy atom. The Morgan fingerprint density at radius 2 is 1.85 bits per heavy atom. The van der Waals surface area contributed by atoms with Crippen molar-refractivity contribution in [2.45, 2.75) is 25.5 Å². The third-order valence-corrected chi connectivity index (χ3v) is 5.66. The van der Waals surface area contributed by atoms with Crippen LogP contribution in [-0.4, -0.2) is 49.1 Å². The number of rotatable bonds is 6. The van der Waals surface area contributed by atoms with Crippen molar-refractivity contribution in [1.29, 1.82) is 0 Å². The highest BCUT2D eigenvalue weighted by atomic mass is 35.5. The SMILES string of the molecule is CC1(c2ccc(OC(F)F)cc2)NC(=O)N(CC(=O)Nc2cc3c(cc2Cl)OCCCO3)C1=O. The van der Waals surface area contributed by atoms with Crippen molar-refractivity contribution in [2.75, 3.05) is 25.1 Å². The zero-order valence-electron chi connectivity index (χ0n) is 17.9. The summed E-state index contributed by atoms with van der Waals surface area (Å²) in [7, 11) is 0. The molecule has 2 heterocycles. The van der Waals surface area contributed by atoms with Gasteiger partial charge < -0.3 is 24.8 Å². The minimum absolute atomic E-state index is 0.0950. The Bertz CT molecular complexity index is 1130. The number of hydrogen-bond acceptors (Lipinski definition) is 6. The molecule has 2 aliphatic heterocycles. The fourth-order valence-corrected chi connectivity index (χ4v) is 3.82. The number of carbonyl (C=O) groups excluding carboxylic acids is 3. The van der Waals surface area contributed by atoms with Gasteiger partial charge in [-0.1, -0.05) is 23.7 Å². The highest BCUT2D eigenvalue weighted by Gasteiger charge is 2.49. The third-order valence-electron chi connectivity index (χ3n) is 5.34. The molecule has 4 amide bonds. The van der Waals surface area contributed by atoms with Gasteiger partial charge in [0.05, 0.1) is 23.9 Å². The average Bonchev–Trinajstić information content (AvgIpc) is 2.92. The minimum atomic E-state index is -2.99. The van der Waals surface area contributed by atoms with Gasteiger partial charge in [0, 0.05) is 18.6 Å². The zero-order chi connectivity index (χ0) is 24.5. The normalized spacial score (nSPS) is 19.6. The smallest absolute Gasteiger partial charge is 0.387 e. The van der Waals surface area contributed by atoms with E-state index in [9.17, 15) is 23.2 Å². The maximum absolute atomic E-state index is 13.0. The van der Waals surface area contributed by atoms with E-state index in [4.69, 9.17) is 21.1 Å². The molecule has 1 fully saturated rings. The monoisotopic (exact) mass is 495 g/mol. The van der Waals surface area contributed by atoms with E-state index in [1.165, 1.54) is 43.3 Å². The van der Waals surface area contributed by atoms with Gasteiger partial charge in [-0.25, -0.2) is 4.79 Å². The maximum atomic E-state index is 13.0. The molecule has 34 heavy (non-hydrogen) atoms. The van der Waals surface area contributed by atoms with E-state index in [-0.39, 0.29) is 16.5 Å². The number of fused-ring (bicyclic) bond motifs is 1. The van der Waals surface area contributed by atoms with Crippen molar-refractivity contribution in [3.05, 3.63) is 47.0 Å². The topological polar surface area (TPSA) is 106 Å². The second-order valence-electron chi connectivity index (χ2n) is 7.73. The molecule has 1 atom stereocenters. The van der Waals surface area contributed by atoms with E-state index in [0.29, 0.717) is 36.7 Å². The second-order valence-corrected chi connectivity index (χ2v) is 8.13. The second kappa shape index (κ2) is 9.34. The lowest BCUT2D eigenvalue weighted by atomic mass is 9.92. The van der Waals surface area contributed by atoms with Gasteiger partial charge in [-0.15, -0.1) is 0 Å². The Labute approximate surface area is 197 Å². The molecule has 2 aromatic rings. The van der Waals surface area contributed by atoms with Crippen LogP contribution < -0.4 is 24.8 Å². The molecule has 0 aliphatic carbocycles. The number of amides is 4. The molecule has 180 valence electrons. The van der Waals surface area contributed by atoms with E-state index in [2.05, 4.69) is 15.4 Å². The zero-order valence-corrected chi connectivity index (χ0v) is 18.7. The maximum Gasteiger partial charge on any atom is 0.387 e. The standard InChI is InChI=1S/C22H20ClF2N3O6/c1-22(12-3-5-13(6-4-12)34-20(24)25)19(30)28(21(31)27-22)11-18(29)26-15-10-17-16(9-14(15)23)32-7-2-8-33-17/h3-6,9-10,20H,2,7-8,11H2,1H3,(H,26,29)(H,27,31). The summed E-state index contributed by atoms with van der Waals surface area (Å²) in [5.41, 5.74) is -0.921. The number of alkyl halides is 2. The molecule has 2 N–H and O–H groups in total. The van der Waals surface area contributed by atoms with Crippen LogP contribution in [0.15, 0.2) is 36.4 Å². The largest absolute Gasteiger partial charge is 0.490 e. The van der Waals surface area contributed by atoms with Gasteiger partial charge in [-0.05, 0) is 24.6 Å². The minimum Gasteiger partial charge on any atom is -0.490 e. The Morgan fingerprint density at radius 3 is 2.50 bits per heavy atom. The molecule has 0 aromatic heterocycles. The molecule has 1 saturated heterocycles. The summed E-state index contributed by atoms with van der Waals surface area (Å²) in [6.07, 6.45) is 0.695. The molecule has 0 bridgehead atoms. The van der Waals surface area contributed by atoms with Crippen LogP contribution in [-0.2, 0) is 15.1 Å². The summed E-state index contributed by atoms with van der Waals surface area (Å²) in [6, 6.07) is 7.54. The molecular weight excluding hydrogens is 476 g/mol. The van der Waals surface area contributed by atoms with Crippen molar-refractivity contribution < 1.29 is 37.4 Å². The van der Waals surface area contributed by atoms with E-state index >= 15 is 0 Å². The van der Waals surface area contributed by atoms with Crippen molar-refractivity contribution >= 4 is 35.1 Å². The van der Waals surface area contributed by atoms with Crippen molar-refractivity contribution in [1.82, 2.24) is 10.2 Å². The molecule has 2 aromatic carbocycles. The number of halogens is 3. The molecule has 2 aliphatic rings. The highest BCUT2D eigenvalue weighted by molar-refractivity contribution is 6.34. The van der Waals surface area contributed by atoms with Crippen LogP contribution in [0.3, 0.4) is 0 Å². The first-order chi connectivity index (χ1) is 16.2. The van der Waals surface area contributed by atoms with Crippen molar-refractivity contribution in [2.24, 2.45) is 0 Å². The van der Waals surface area contributed by atoms with E-state index < -0.39 is 36.5 Å². The van der Waals surface area contributed by atoms with Gasteiger partial charge in [0.1, 0.15) is 17.8 Å². The van der Waals surface area contributed by atoms with Crippen LogP contribution in [0.1, 0.15) is 18.9 Å². The van der Waals surface area contributed by atoms with Crippen LogP contribution in [0.4, 0.5) is 19.3 Å². The Balaban J connectivity index is 1.46. The van der Waals surface area contributed by atoms with Gasteiger partial charge >= 0.3 is 12.6 Å². The van der Waals surface area contributed by atoms with Crippen LogP contribution in [0, 0.1) is 0 Å². The molecular formula is C22H20ClF2N3O6. The van der Waals surface area contributed by atoms with Gasteiger partial charge in [0.15, 0.2) is 11.5 Å².